The van der Waals surface area contributed by atoms with Gasteiger partial charge in [0.05, 0.1) is 19.8 Å². The second kappa shape index (κ2) is 14.4. The van der Waals surface area contributed by atoms with Gasteiger partial charge in [-0.05, 0) is 53.1 Å². The highest BCUT2D eigenvalue weighted by atomic mass is 16.6. The lowest BCUT2D eigenvalue weighted by molar-refractivity contribution is -0.141. The molecule has 0 unspecified atom stereocenters. The molecule has 4 rings (SSSR count). The number of carbonyl (C=O) groups excluding carboxylic acids is 1. The lowest BCUT2D eigenvalue weighted by atomic mass is 9.99. The molecule has 0 heterocycles. The van der Waals surface area contributed by atoms with Gasteiger partial charge in [-0.3, -0.25) is 4.79 Å². The number of hydrogen-bond acceptors (Lipinski definition) is 7. The summed E-state index contributed by atoms with van der Waals surface area (Å²) in [5, 5.41) is 16.3. The molecule has 0 bridgehead atoms. The summed E-state index contributed by atoms with van der Waals surface area (Å²) in [6, 6.07) is 28.1. The number of aliphatic carboxylic acids is 1. The van der Waals surface area contributed by atoms with Crippen molar-refractivity contribution in [1.29, 1.82) is 0 Å². The van der Waals surface area contributed by atoms with Gasteiger partial charge in [-0.1, -0.05) is 65.8 Å². The Morgan fingerprint density at radius 3 is 2.00 bits per heavy atom. The molecule has 0 fully saturated rings. The molecule has 0 radical (unpaired) electrons. The van der Waals surface area contributed by atoms with E-state index in [2.05, 4.69) is 10.5 Å². The second-order valence-electron chi connectivity index (χ2n) is 9.22. The first kappa shape index (κ1) is 29.7. The quantitative estimate of drug-likeness (QED) is 0.170. The van der Waals surface area contributed by atoms with E-state index in [1.807, 2.05) is 72.8 Å². The molecular weight excluding hydrogens is 536 g/mol. The summed E-state index contributed by atoms with van der Waals surface area (Å²) in [7, 11) is 4.49. The number of nitrogens with zero attached hydrogens (tertiary/aromatic N) is 1. The zero-order valence-electron chi connectivity index (χ0n) is 23.6. The predicted molar refractivity (Wildman–Crippen MR) is 159 cm³/mol. The topological polar surface area (TPSA) is 116 Å². The monoisotopic (exact) mass is 568 g/mol. The van der Waals surface area contributed by atoms with Gasteiger partial charge in [0.1, 0.15) is 37.0 Å². The van der Waals surface area contributed by atoms with Crippen LogP contribution in [-0.4, -0.2) is 50.1 Å². The normalized spacial score (nSPS) is 11.7. The first-order chi connectivity index (χ1) is 20.4. The molecule has 0 aromatic heterocycles. The number of methoxy groups -OCH3 is 2. The minimum Gasteiger partial charge on any atom is -0.496 e. The standard InChI is InChI=1S/C33H32N2O7/c1-39-28-10-7-11-29(40-2)30(28)24-14-12-22(13-15-24)20-27(33(37)38)34-32(36)31(35-41-3)25-16-18-26(19-17-25)42-21-23-8-5-4-6-9-23/h4-19,27H,20-21H2,1-3H3,(H,34,36)(H,37,38)/t27-/m0/s1. The number of amides is 1. The maximum atomic E-state index is 13.2. The number of hydrogen-bond donors (Lipinski definition) is 2. The molecule has 42 heavy (non-hydrogen) atoms. The molecule has 0 aliphatic heterocycles. The zero-order valence-corrected chi connectivity index (χ0v) is 23.6. The van der Waals surface area contributed by atoms with E-state index in [0.29, 0.717) is 35.0 Å². The van der Waals surface area contributed by atoms with Crippen LogP contribution >= 0.6 is 0 Å². The molecule has 216 valence electrons. The number of rotatable bonds is 13. The largest absolute Gasteiger partial charge is 0.496 e. The first-order valence-corrected chi connectivity index (χ1v) is 13.2. The van der Waals surface area contributed by atoms with Gasteiger partial charge >= 0.3 is 5.97 Å². The molecule has 4 aromatic rings. The van der Waals surface area contributed by atoms with Gasteiger partial charge in [0.25, 0.3) is 5.91 Å². The minimum absolute atomic E-state index is 0.0525. The number of benzene rings is 4. The third-order valence-corrected chi connectivity index (χ3v) is 6.49. The molecule has 1 amide bonds. The van der Waals surface area contributed by atoms with Gasteiger partial charge in [0, 0.05) is 12.0 Å². The van der Waals surface area contributed by atoms with Crippen molar-refractivity contribution in [2.45, 2.75) is 19.1 Å². The third-order valence-electron chi connectivity index (χ3n) is 6.49. The van der Waals surface area contributed by atoms with Gasteiger partial charge < -0.3 is 29.5 Å². The zero-order chi connectivity index (χ0) is 29.9. The molecule has 9 heteroatoms. The summed E-state index contributed by atoms with van der Waals surface area (Å²) >= 11 is 0. The summed E-state index contributed by atoms with van der Waals surface area (Å²) in [4.78, 5) is 30.2. The maximum Gasteiger partial charge on any atom is 0.326 e. The SMILES string of the molecule is CON=C(C(=O)N[C@@H](Cc1ccc(-c2c(OC)cccc2OC)cc1)C(=O)O)c1ccc(OCc2ccccc2)cc1. The van der Waals surface area contributed by atoms with Crippen LogP contribution < -0.4 is 19.5 Å². The van der Waals surface area contributed by atoms with Crippen molar-refractivity contribution in [3.05, 3.63) is 114 Å². The van der Waals surface area contributed by atoms with E-state index >= 15 is 0 Å². The van der Waals surface area contributed by atoms with Crippen molar-refractivity contribution >= 4 is 17.6 Å². The third kappa shape index (κ3) is 7.45. The van der Waals surface area contributed by atoms with Crippen molar-refractivity contribution in [3.8, 4) is 28.4 Å². The smallest absolute Gasteiger partial charge is 0.326 e. The van der Waals surface area contributed by atoms with Crippen molar-refractivity contribution in [1.82, 2.24) is 5.32 Å². The van der Waals surface area contributed by atoms with Crippen LogP contribution in [0.1, 0.15) is 16.7 Å². The van der Waals surface area contributed by atoms with Crippen molar-refractivity contribution < 1.29 is 33.7 Å². The van der Waals surface area contributed by atoms with E-state index < -0.39 is 17.9 Å². The minimum atomic E-state index is -1.21. The highest BCUT2D eigenvalue weighted by Crippen LogP contribution is 2.38. The van der Waals surface area contributed by atoms with Crippen LogP contribution in [0.4, 0.5) is 0 Å². The molecule has 0 saturated heterocycles. The first-order valence-electron chi connectivity index (χ1n) is 13.2. The molecule has 9 nitrogen and oxygen atoms in total. The Morgan fingerprint density at radius 2 is 1.43 bits per heavy atom. The van der Waals surface area contributed by atoms with Crippen LogP contribution in [0.2, 0.25) is 0 Å². The van der Waals surface area contributed by atoms with E-state index in [0.717, 1.165) is 16.7 Å². The molecule has 0 saturated carbocycles. The van der Waals surface area contributed by atoms with Gasteiger partial charge in [0.15, 0.2) is 5.71 Å². The van der Waals surface area contributed by atoms with E-state index in [1.165, 1.54) is 7.11 Å². The average molecular weight is 569 g/mol. The van der Waals surface area contributed by atoms with Crippen molar-refractivity contribution in [2.75, 3.05) is 21.3 Å². The molecule has 0 spiro atoms. The predicted octanol–water partition coefficient (Wildman–Crippen LogP) is 5.11. The van der Waals surface area contributed by atoms with Gasteiger partial charge in [-0.25, -0.2) is 4.79 Å². The molecule has 4 aromatic carbocycles. The van der Waals surface area contributed by atoms with Crippen LogP contribution in [-0.2, 0) is 27.5 Å². The number of carboxylic acid groups (broad SMARTS) is 1. The van der Waals surface area contributed by atoms with Crippen LogP contribution in [0.15, 0.2) is 102 Å². The molecular formula is C33H32N2O7. The average Bonchev–Trinajstić information content (AvgIpc) is 3.03. The van der Waals surface area contributed by atoms with E-state index in [4.69, 9.17) is 19.0 Å². The highest BCUT2D eigenvalue weighted by molar-refractivity contribution is 6.45. The number of nitrogens with one attached hydrogen (secondary N) is 1. The van der Waals surface area contributed by atoms with Crippen LogP contribution in [0, 0.1) is 0 Å². The Hall–Kier alpha value is -5.31. The van der Waals surface area contributed by atoms with Crippen LogP contribution in [0.25, 0.3) is 11.1 Å². The molecule has 2 N–H and O–H groups in total. The Balaban J connectivity index is 1.45. The van der Waals surface area contributed by atoms with Crippen molar-refractivity contribution in [3.63, 3.8) is 0 Å². The Kier molecular flexibility index (Phi) is 10.1. The summed E-state index contributed by atoms with van der Waals surface area (Å²) in [5.74, 6) is 0.0484. The Bertz CT molecular complexity index is 1500. The van der Waals surface area contributed by atoms with Gasteiger partial charge in [-0.2, -0.15) is 0 Å². The molecule has 0 aliphatic rings. The highest BCUT2D eigenvalue weighted by Gasteiger charge is 2.25. The number of carbonyl (C=O) groups is 2. The fourth-order valence-electron chi connectivity index (χ4n) is 4.37. The van der Waals surface area contributed by atoms with Gasteiger partial charge in [-0.15, -0.1) is 0 Å². The summed E-state index contributed by atoms with van der Waals surface area (Å²) in [5.41, 5.74) is 3.75. The van der Waals surface area contributed by atoms with E-state index in [9.17, 15) is 14.7 Å². The number of oxime groups is 1. The molecule has 1 atom stereocenters. The number of ether oxygens (including phenoxy) is 3. The lowest BCUT2D eigenvalue weighted by Crippen LogP contribution is -2.45. The van der Waals surface area contributed by atoms with Crippen LogP contribution in [0.5, 0.6) is 17.2 Å². The van der Waals surface area contributed by atoms with Crippen LogP contribution in [0.3, 0.4) is 0 Å². The summed E-state index contributed by atoms with van der Waals surface area (Å²) in [6.45, 7) is 0.396. The summed E-state index contributed by atoms with van der Waals surface area (Å²) in [6.07, 6.45) is 0.0525. The Labute approximate surface area is 244 Å². The lowest BCUT2D eigenvalue weighted by Gasteiger charge is -2.17. The van der Waals surface area contributed by atoms with E-state index in [-0.39, 0.29) is 12.1 Å². The fourth-order valence-corrected chi connectivity index (χ4v) is 4.37. The summed E-state index contributed by atoms with van der Waals surface area (Å²) < 4.78 is 16.8. The van der Waals surface area contributed by atoms with Crippen molar-refractivity contribution in [2.24, 2.45) is 5.16 Å². The fraction of sp³-hybridized carbons (Fsp3) is 0.182. The molecule has 0 aliphatic carbocycles. The maximum absolute atomic E-state index is 13.2. The Morgan fingerprint density at radius 1 is 0.786 bits per heavy atom. The van der Waals surface area contributed by atoms with E-state index in [1.54, 1.807) is 38.5 Å². The number of carboxylic acids is 1. The second-order valence-corrected chi connectivity index (χ2v) is 9.22. The van der Waals surface area contributed by atoms with Gasteiger partial charge in [0.2, 0.25) is 0 Å².